The Morgan fingerprint density at radius 1 is 1.02 bits per heavy atom. The molecule has 12 nitrogen and oxygen atoms in total. The van der Waals surface area contributed by atoms with Crippen molar-refractivity contribution in [3.05, 3.63) is 64.3 Å². The lowest BCUT2D eigenvalue weighted by atomic mass is 10.1. The number of hydrogen-bond donors (Lipinski definition) is 3. The lowest BCUT2D eigenvalue weighted by molar-refractivity contribution is -0.136. The highest BCUT2D eigenvalue weighted by atomic mass is 35.5. The maximum absolute atomic E-state index is 13.4. The van der Waals surface area contributed by atoms with Gasteiger partial charge in [0.25, 0.3) is 5.91 Å². The molecule has 1 saturated heterocycles. The summed E-state index contributed by atoms with van der Waals surface area (Å²) in [5, 5.41) is 20.8. The van der Waals surface area contributed by atoms with Crippen LogP contribution in [0.1, 0.15) is 58.1 Å². The largest absolute Gasteiger partial charge is 0.478 e. The van der Waals surface area contributed by atoms with E-state index in [1.54, 1.807) is 12.1 Å². The number of ether oxygens (including phenoxy) is 3. The summed E-state index contributed by atoms with van der Waals surface area (Å²) in [6.07, 6.45) is 2.37. The summed E-state index contributed by atoms with van der Waals surface area (Å²) in [7, 11) is -3.40. The Hall–Kier alpha value is -3.56. The fourth-order valence-corrected chi connectivity index (χ4v) is 7.01. The SMILES string of the molecule is O=C(O)c1ccc(Oc2cnc(NC(=O)C(OC3CCOCC3)c3ccc(S(=O)(=O)C4CC4)cc3)s2)c(C(=O)O)c1Cl. The van der Waals surface area contributed by atoms with Crippen molar-refractivity contribution < 1.29 is 47.2 Å². The van der Waals surface area contributed by atoms with Crippen molar-refractivity contribution in [2.45, 2.75) is 48.0 Å². The highest BCUT2D eigenvalue weighted by molar-refractivity contribution is 7.92. The number of carbonyl (C=O) groups excluding carboxylic acids is 1. The Bertz CT molecular complexity index is 1610. The standard InChI is InChI=1S/C27H25ClN2O10S2/c28-22-18(25(32)33)7-8-19(21(22)26(34)35)40-20-13-29-27(41-20)30-24(31)23(39-15-9-11-38-12-10-15)14-1-3-16(4-2-14)42(36,37)17-5-6-17/h1-4,7-8,13,15,17,23H,5-6,9-12H2,(H,32,33)(H,34,35)(H,29,30,31). The predicted octanol–water partition coefficient (Wildman–Crippen LogP) is 4.80. The second kappa shape index (κ2) is 12.4. The third-order valence-corrected chi connectivity index (χ3v) is 10.1. The average Bonchev–Trinajstić information content (AvgIpc) is 3.74. The minimum Gasteiger partial charge on any atom is -0.478 e. The van der Waals surface area contributed by atoms with Crippen molar-refractivity contribution in [1.82, 2.24) is 4.98 Å². The number of halogens is 1. The van der Waals surface area contributed by atoms with E-state index in [0.717, 1.165) is 17.4 Å². The summed E-state index contributed by atoms with van der Waals surface area (Å²) in [5.74, 6) is -3.64. The number of nitrogens with zero attached hydrogens (tertiary/aromatic N) is 1. The maximum atomic E-state index is 13.4. The van der Waals surface area contributed by atoms with E-state index in [0.29, 0.717) is 44.5 Å². The third kappa shape index (κ3) is 6.57. The van der Waals surface area contributed by atoms with Gasteiger partial charge in [0.05, 0.1) is 33.0 Å². The molecule has 15 heteroatoms. The molecule has 1 unspecified atom stereocenters. The van der Waals surface area contributed by atoms with Gasteiger partial charge >= 0.3 is 11.9 Å². The second-order valence-corrected chi connectivity index (χ2v) is 13.2. The highest BCUT2D eigenvalue weighted by Gasteiger charge is 2.37. The molecule has 0 bridgehead atoms. The van der Waals surface area contributed by atoms with E-state index in [1.165, 1.54) is 24.4 Å². The van der Waals surface area contributed by atoms with E-state index in [2.05, 4.69) is 10.3 Å². The maximum Gasteiger partial charge on any atom is 0.341 e. The molecule has 222 valence electrons. The van der Waals surface area contributed by atoms with Crippen molar-refractivity contribution >= 4 is 55.8 Å². The van der Waals surface area contributed by atoms with Crippen molar-refractivity contribution in [3.8, 4) is 10.8 Å². The van der Waals surface area contributed by atoms with Gasteiger partial charge in [-0.25, -0.2) is 23.0 Å². The molecular weight excluding hydrogens is 612 g/mol. The molecule has 1 amide bonds. The van der Waals surface area contributed by atoms with E-state index in [4.69, 9.17) is 25.8 Å². The molecular formula is C27H25ClN2O10S2. The number of hydrogen-bond acceptors (Lipinski definition) is 10. The molecule has 3 N–H and O–H groups in total. The van der Waals surface area contributed by atoms with Gasteiger partial charge in [-0.05, 0) is 55.5 Å². The molecule has 1 aromatic heterocycles. The zero-order valence-corrected chi connectivity index (χ0v) is 24.2. The van der Waals surface area contributed by atoms with E-state index in [-0.39, 0.29) is 32.2 Å². The first kappa shape index (κ1) is 29.9. The van der Waals surface area contributed by atoms with Crippen LogP contribution in [0, 0.1) is 0 Å². The fraction of sp³-hybridized carbons (Fsp3) is 0.333. The topological polar surface area (TPSA) is 178 Å². The number of carboxylic acid groups (broad SMARTS) is 2. The second-order valence-electron chi connectivity index (χ2n) is 9.63. The fourth-order valence-electron chi connectivity index (χ4n) is 4.35. The quantitative estimate of drug-likeness (QED) is 0.263. The van der Waals surface area contributed by atoms with Gasteiger partial charge in [-0.3, -0.25) is 10.1 Å². The molecule has 1 atom stereocenters. The molecule has 2 aromatic carbocycles. The molecule has 0 spiro atoms. The number of aromatic carboxylic acids is 2. The Morgan fingerprint density at radius 2 is 1.71 bits per heavy atom. The van der Waals surface area contributed by atoms with E-state index < -0.39 is 49.9 Å². The number of sulfone groups is 1. The number of anilines is 1. The van der Waals surface area contributed by atoms with Gasteiger partial charge in [0.2, 0.25) is 5.06 Å². The Balaban J connectivity index is 1.34. The first-order valence-corrected chi connectivity index (χ1v) is 15.6. The van der Waals surface area contributed by atoms with Crippen LogP contribution in [0.3, 0.4) is 0 Å². The zero-order valence-electron chi connectivity index (χ0n) is 21.8. The summed E-state index contributed by atoms with van der Waals surface area (Å²) >= 11 is 6.90. The Morgan fingerprint density at radius 3 is 2.33 bits per heavy atom. The molecule has 42 heavy (non-hydrogen) atoms. The number of carbonyl (C=O) groups is 3. The monoisotopic (exact) mass is 636 g/mol. The third-order valence-electron chi connectivity index (χ3n) is 6.68. The van der Waals surface area contributed by atoms with Crippen molar-refractivity contribution in [2.24, 2.45) is 0 Å². The summed E-state index contributed by atoms with van der Waals surface area (Å²) in [6.45, 7) is 0.973. The number of nitrogens with one attached hydrogen (secondary N) is 1. The van der Waals surface area contributed by atoms with Crippen molar-refractivity contribution in [2.75, 3.05) is 18.5 Å². The van der Waals surface area contributed by atoms with Crippen LogP contribution in [-0.2, 0) is 24.1 Å². The van der Waals surface area contributed by atoms with E-state index >= 15 is 0 Å². The van der Waals surface area contributed by atoms with Crippen LogP contribution < -0.4 is 10.1 Å². The normalized spacial score (nSPS) is 16.5. The molecule has 2 aliphatic rings. The van der Waals surface area contributed by atoms with Gasteiger partial charge in [0.15, 0.2) is 21.1 Å². The molecule has 1 saturated carbocycles. The van der Waals surface area contributed by atoms with Crippen molar-refractivity contribution in [1.29, 1.82) is 0 Å². The lowest BCUT2D eigenvalue weighted by Crippen LogP contribution is -2.31. The Labute approximate surface area is 249 Å². The van der Waals surface area contributed by atoms with Gasteiger partial charge < -0.3 is 24.4 Å². The van der Waals surface area contributed by atoms with Crippen LogP contribution in [0.25, 0.3) is 0 Å². The van der Waals surface area contributed by atoms with Crippen LogP contribution in [0.15, 0.2) is 47.5 Å². The number of rotatable bonds is 11. The van der Waals surface area contributed by atoms with Crippen LogP contribution in [0.5, 0.6) is 10.8 Å². The van der Waals surface area contributed by atoms with Gasteiger partial charge in [0, 0.05) is 13.2 Å². The van der Waals surface area contributed by atoms with E-state index in [1.807, 2.05) is 0 Å². The summed E-state index contributed by atoms with van der Waals surface area (Å²) in [5.41, 5.74) is -0.471. The van der Waals surface area contributed by atoms with Crippen LogP contribution in [-0.4, -0.2) is 66.0 Å². The van der Waals surface area contributed by atoms with E-state index in [9.17, 15) is 33.0 Å². The molecule has 2 fully saturated rings. The summed E-state index contributed by atoms with van der Waals surface area (Å²) < 4.78 is 42.4. The van der Waals surface area contributed by atoms with Crippen LogP contribution in [0.4, 0.5) is 5.13 Å². The predicted molar refractivity (Wildman–Crippen MR) is 151 cm³/mol. The summed E-state index contributed by atoms with van der Waals surface area (Å²) in [4.78, 5) is 40.8. The molecule has 2 heterocycles. The van der Waals surface area contributed by atoms with Crippen LogP contribution >= 0.6 is 22.9 Å². The van der Waals surface area contributed by atoms with Crippen molar-refractivity contribution in [3.63, 3.8) is 0 Å². The van der Waals surface area contributed by atoms with Gasteiger partial charge in [-0.15, -0.1) is 0 Å². The lowest BCUT2D eigenvalue weighted by Gasteiger charge is -2.27. The molecule has 1 aliphatic heterocycles. The van der Waals surface area contributed by atoms with Crippen LogP contribution in [0.2, 0.25) is 5.02 Å². The minimum atomic E-state index is -3.40. The molecule has 0 radical (unpaired) electrons. The Kier molecular flexibility index (Phi) is 8.80. The first-order chi connectivity index (χ1) is 20.0. The highest BCUT2D eigenvalue weighted by Crippen LogP contribution is 2.37. The summed E-state index contributed by atoms with van der Waals surface area (Å²) in [6, 6.07) is 8.37. The zero-order chi connectivity index (χ0) is 30.0. The molecule has 5 rings (SSSR count). The number of benzene rings is 2. The first-order valence-electron chi connectivity index (χ1n) is 12.8. The van der Waals surface area contributed by atoms with Gasteiger partial charge in [-0.2, -0.15) is 0 Å². The number of carboxylic acids is 2. The smallest absolute Gasteiger partial charge is 0.341 e. The number of aromatic nitrogens is 1. The average molecular weight is 637 g/mol. The van der Waals surface area contributed by atoms with Gasteiger partial charge in [-0.1, -0.05) is 35.1 Å². The van der Waals surface area contributed by atoms with Gasteiger partial charge in [0.1, 0.15) is 11.3 Å². The number of amides is 1. The number of thiazole rings is 1. The molecule has 3 aromatic rings. The molecule has 1 aliphatic carbocycles. The minimum absolute atomic E-state index is 0.100.